The van der Waals surface area contributed by atoms with Crippen LogP contribution in [0.2, 0.25) is 10.0 Å². The number of hydrogen-bond donors (Lipinski definition) is 1. The van der Waals surface area contributed by atoms with Crippen molar-refractivity contribution < 1.29 is 19.1 Å². The molecule has 0 fully saturated rings. The lowest BCUT2D eigenvalue weighted by molar-refractivity contribution is 0.0527. The zero-order valence-electron chi connectivity index (χ0n) is 16.6. The fourth-order valence-corrected chi connectivity index (χ4v) is 4.28. The molecule has 9 heteroatoms. The highest BCUT2D eigenvalue weighted by Gasteiger charge is 2.28. The molecule has 0 unspecified atom stereocenters. The lowest BCUT2D eigenvalue weighted by atomic mass is 10.1. The minimum atomic E-state index is -0.604. The van der Waals surface area contributed by atoms with E-state index in [9.17, 15) is 14.4 Å². The molecule has 0 saturated carbocycles. The van der Waals surface area contributed by atoms with E-state index in [4.69, 9.17) is 27.9 Å². The molecule has 0 radical (unpaired) electrons. The molecule has 2 aromatic rings. The monoisotopic (exact) mass is 456 g/mol. The SMILES string of the molecule is CCOC(=O)c1c(NC(=O)c2cc(Cl)ccc2Cl)sc(C(=O)N(CC)CC)c1C. The first-order valence-corrected chi connectivity index (χ1v) is 10.7. The number of nitrogens with one attached hydrogen (secondary N) is 1. The van der Waals surface area contributed by atoms with Gasteiger partial charge in [-0.25, -0.2) is 4.79 Å². The van der Waals surface area contributed by atoms with Crippen LogP contribution in [0.25, 0.3) is 0 Å². The number of esters is 1. The van der Waals surface area contributed by atoms with Crippen LogP contribution in [0.3, 0.4) is 0 Å². The van der Waals surface area contributed by atoms with Gasteiger partial charge in [0, 0.05) is 18.1 Å². The minimum absolute atomic E-state index is 0.164. The summed E-state index contributed by atoms with van der Waals surface area (Å²) in [5, 5.41) is 3.50. The highest BCUT2D eigenvalue weighted by Crippen LogP contribution is 2.35. The van der Waals surface area contributed by atoms with Gasteiger partial charge in [-0.15, -0.1) is 11.3 Å². The molecule has 0 saturated heterocycles. The van der Waals surface area contributed by atoms with Gasteiger partial charge in [-0.2, -0.15) is 0 Å². The molecule has 0 spiro atoms. The number of carbonyl (C=O) groups excluding carboxylic acids is 3. The first-order valence-electron chi connectivity index (χ1n) is 9.11. The van der Waals surface area contributed by atoms with Gasteiger partial charge in [0.15, 0.2) is 0 Å². The molecule has 1 aromatic heterocycles. The van der Waals surface area contributed by atoms with Crippen molar-refractivity contribution in [1.29, 1.82) is 0 Å². The predicted octanol–water partition coefficient (Wildman–Crippen LogP) is 5.27. The summed E-state index contributed by atoms with van der Waals surface area (Å²) in [4.78, 5) is 40.2. The number of benzene rings is 1. The Balaban J connectivity index is 2.50. The average Bonchev–Trinajstić information content (AvgIpc) is 3.00. The Kier molecular flexibility index (Phi) is 8.07. The molecule has 0 bridgehead atoms. The second-order valence-electron chi connectivity index (χ2n) is 6.04. The Morgan fingerprint density at radius 2 is 1.79 bits per heavy atom. The van der Waals surface area contributed by atoms with Gasteiger partial charge in [-0.1, -0.05) is 23.2 Å². The first kappa shape index (κ1) is 23.2. The second-order valence-corrected chi connectivity index (χ2v) is 7.90. The van der Waals surface area contributed by atoms with Gasteiger partial charge in [-0.3, -0.25) is 9.59 Å². The van der Waals surface area contributed by atoms with Crippen LogP contribution < -0.4 is 5.32 Å². The largest absolute Gasteiger partial charge is 0.462 e. The summed E-state index contributed by atoms with van der Waals surface area (Å²) < 4.78 is 5.13. The van der Waals surface area contributed by atoms with E-state index in [1.54, 1.807) is 24.8 Å². The Morgan fingerprint density at radius 1 is 1.14 bits per heavy atom. The zero-order chi connectivity index (χ0) is 21.7. The van der Waals surface area contributed by atoms with Crippen LogP contribution in [0.15, 0.2) is 18.2 Å². The van der Waals surface area contributed by atoms with Crippen LogP contribution in [-0.2, 0) is 4.74 Å². The molecular weight excluding hydrogens is 435 g/mol. The maximum atomic E-state index is 12.9. The molecule has 156 valence electrons. The second kappa shape index (κ2) is 10.1. The van der Waals surface area contributed by atoms with Crippen LogP contribution in [-0.4, -0.2) is 42.4 Å². The van der Waals surface area contributed by atoms with Gasteiger partial charge >= 0.3 is 5.97 Å². The van der Waals surface area contributed by atoms with Crippen molar-refractivity contribution in [1.82, 2.24) is 4.90 Å². The normalized spacial score (nSPS) is 10.6. The fourth-order valence-electron chi connectivity index (χ4n) is 2.75. The zero-order valence-corrected chi connectivity index (χ0v) is 18.9. The average molecular weight is 457 g/mol. The third-order valence-electron chi connectivity index (χ3n) is 4.27. The van der Waals surface area contributed by atoms with Crippen molar-refractivity contribution in [2.24, 2.45) is 0 Å². The minimum Gasteiger partial charge on any atom is -0.462 e. The van der Waals surface area contributed by atoms with Crippen LogP contribution in [0, 0.1) is 6.92 Å². The highest BCUT2D eigenvalue weighted by molar-refractivity contribution is 7.18. The smallest absolute Gasteiger partial charge is 0.341 e. The lowest BCUT2D eigenvalue weighted by Gasteiger charge is -2.18. The van der Waals surface area contributed by atoms with E-state index in [2.05, 4.69) is 5.32 Å². The number of hydrogen-bond acceptors (Lipinski definition) is 5. The van der Waals surface area contributed by atoms with Crippen LogP contribution in [0.1, 0.15) is 56.7 Å². The molecule has 0 aliphatic rings. The van der Waals surface area contributed by atoms with Crippen LogP contribution in [0.4, 0.5) is 5.00 Å². The number of halogens is 2. The molecule has 0 atom stereocenters. The highest BCUT2D eigenvalue weighted by atomic mass is 35.5. The van der Waals surface area contributed by atoms with Gasteiger partial charge in [0.1, 0.15) is 5.00 Å². The van der Waals surface area contributed by atoms with E-state index >= 15 is 0 Å². The number of rotatable bonds is 7. The maximum absolute atomic E-state index is 12.9. The summed E-state index contributed by atoms with van der Waals surface area (Å²) in [5.41, 5.74) is 0.799. The molecule has 1 aromatic carbocycles. The summed E-state index contributed by atoms with van der Waals surface area (Å²) in [5.74, 6) is -1.34. The van der Waals surface area contributed by atoms with E-state index < -0.39 is 11.9 Å². The molecule has 0 aliphatic carbocycles. The number of anilines is 1. The predicted molar refractivity (Wildman–Crippen MR) is 117 cm³/mol. The van der Waals surface area contributed by atoms with E-state index in [1.807, 2.05) is 13.8 Å². The van der Waals surface area contributed by atoms with E-state index in [-0.39, 0.29) is 33.7 Å². The van der Waals surface area contributed by atoms with Gasteiger partial charge < -0.3 is 15.0 Å². The number of ether oxygens (including phenoxy) is 1. The van der Waals surface area contributed by atoms with Crippen LogP contribution >= 0.6 is 34.5 Å². The topological polar surface area (TPSA) is 75.7 Å². The molecule has 6 nitrogen and oxygen atoms in total. The van der Waals surface area contributed by atoms with Crippen molar-refractivity contribution in [3.8, 4) is 0 Å². The quantitative estimate of drug-likeness (QED) is 0.575. The van der Waals surface area contributed by atoms with Crippen molar-refractivity contribution in [3.05, 3.63) is 49.8 Å². The van der Waals surface area contributed by atoms with Gasteiger partial charge in [-0.05, 0) is 51.5 Å². The fraction of sp³-hybridized carbons (Fsp3) is 0.350. The van der Waals surface area contributed by atoms with Crippen molar-refractivity contribution >= 4 is 57.3 Å². The first-order chi connectivity index (χ1) is 13.7. The lowest BCUT2D eigenvalue weighted by Crippen LogP contribution is -2.30. The molecule has 0 aliphatic heterocycles. The van der Waals surface area contributed by atoms with E-state index in [1.165, 1.54) is 12.1 Å². The molecule has 29 heavy (non-hydrogen) atoms. The van der Waals surface area contributed by atoms with Crippen molar-refractivity contribution in [3.63, 3.8) is 0 Å². The Bertz CT molecular complexity index is 939. The summed E-state index contributed by atoms with van der Waals surface area (Å²) in [6, 6.07) is 4.52. The third kappa shape index (κ3) is 5.10. The number of nitrogens with zero attached hydrogens (tertiary/aromatic N) is 1. The van der Waals surface area contributed by atoms with Crippen molar-refractivity contribution in [2.75, 3.05) is 25.0 Å². The molecule has 2 rings (SSSR count). The van der Waals surface area contributed by atoms with Gasteiger partial charge in [0.05, 0.1) is 27.6 Å². The molecular formula is C20H22Cl2N2O4S. The van der Waals surface area contributed by atoms with Gasteiger partial charge in [0.25, 0.3) is 11.8 Å². The third-order valence-corrected chi connectivity index (χ3v) is 6.03. The molecule has 1 N–H and O–H groups in total. The number of carbonyl (C=O) groups is 3. The number of amides is 2. The Hall–Kier alpha value is -2.09. The van der Waals surface area contributed by atoms with E-state index in [0.717, 1.165) is 11.3 Å². The summed E-state index contributed by atoms with van der Waals surface area (Å²) in [6.45, 7) is 8.33. The molecule has 2 amide bonds. The Morgan fingerprint density at radius 3 is 2.38 bits per heavy atom. The van der Waals surface area contributed by atoms with Gasteiger partial charge in [0.2, 0.25) is 0 Å². The summed E-state index contributed by atoms with van der Waals surface area (Å²) in [7, 11) is 0. The standard InChI is InChI=1S/C20H22Cl2N2O4S/c1-5-24(6-2)19(26)16-11(4)15(20(27)28-7-3)18(29-16)23-17(25)13-10-12(21)8-9-14(13)22/h8-10H,5-7H2,1-4H3,(H,23,25). The Labute approximate surface area is 183 Å². The van der Waals surface area contributed by atoms with Crippen molar-refractivity contribution in [2.45, 2.75) is 27.7 Å². The van der Waals surface area contributed by atoms with E-state index in [0.29, 0.717) is 28.6 Å². The van der Waals surface area contributed by atoms with Crippen LogP contribution in [0.5, 0.6) is 0 Å². The maximum Gasteiger partial charge on any atom is 0.341 e. The summed E-state index contributed by atoms with van der Waals surface area (Å²) in [6.07, 6.45) is 0. The number of thiophene rings is 1. The molecule has 1 heterocycles. The summed E-state index contributed by atoms with van der Waals surface area (Å²) >= 11 is 13.1.